The van der Waals surface area contributed by atoms with Crippen molar-refractivity contribution in [3.8, 4) is 11.1 Å². The zero-order valence-electron chi connectivity index (χ0n) is 18.7. The highest BCUT2D eigenvalue weighted by Gasteiger charge is 2.15. The second kappa shape index (κ2) is 9.46. The van der Waals surface area contributed by atoms with E-state index in [9.17, 15) is 9.90 Å². The number of carbonyl (C=O) groups is 1. The van der Waals surface area contributed by atoms with E-state index in [0.29, 0.717) is 16.3 Å². The lowest BCUT2D eigenvalue weighted by Gasteiger charge is -2.25. The number of nitrogens with zero attached hydrogens (tertiary/aromatic N) is 4. The number of para-hydroxylation sites is 2. The molecular weight excluding hydrogens is 436 g/mol. The van der Waals surface area contributed by atoms with Crippen LogP contribution in [-0.2, 0) is 4.79 Å². The van der Waals surface area contributed by atoms with Gasteiger partial charge in [-0.2, -0.15) is 0 Å². The molecule has 5 rings (SSSR count). The zero-order valence-corrected chi connectivity index (χ0v) is 18.7. The Morgan fingerprint density at radius 1 is 0.800 bits per heavy atom. The molecule has 4 aromatic carbocycles. The predicted molar refractivity (Wildman–Crippen MR) is 136 cm³/mol. The van der Waals surface area contributed by atoms with E-state index >= 15 is 0 Å². The first-order chi connectivity index (χ1) is 17.2. The first-order valence-electron chi connectivity index (χ1n) is 11.0. The molecule has 1 aliphatic heterocycles. The highest BCUT2D eigenvalue weighted by Crippen LogP contribution is 2.34. The third-order valence-electron chi connectivity index (χ3n) is 5.74. The number of aliphatic carboxylic acids is 1. The maximum atomic E-state index is 11.3. The lowest BCUT2D eigenvalue weighted by Crippen LogP contribution is -2.27. The van der Waals surface area contributed by atoms with E-state index in [1.807, 2.05) is 42.5 Å². The second-order valence-corrected chi connectivity index (χ2v) is 7.86. The van der Waals surface area contributed by atoms with Crippen LogP contribution in [0.3, 0.4) is 0 Å². The molecule has 0 radical (unpaired) electrons. The van der Waals surface area contributed by atoms with Gasteiger partial charge in [-0.3, -0.25) is 14.8 Å². The van der Waals surface area contributed by atoms with E-state index in [2.05, 4.69) is 68.3 Å². The minimum atomic E-state index is -1.26. The Kier molecular flexibility index (Phi) is 5.89. The molecule has 1 aliphatic rings. The summed E-state index contributed by atoms with van der Waals surface area (Å²) >= 11 is 0. The van der Waals surface area contributed by atoms with Crippen LogP contribution in [0.1, 0.15) is 5.56 Å². The molecule has 6 heteroatoms. The largest absolute Gasteiger partial charge is 0.486 e. The fraction of sp³-hybridized carbons (Fsp3) is 0.0345. The van der Waals surface area contributed by atoms with Crippen molar-refractivity contribution in [2.45, 2.75) is 0 Å². The zero-order chi connectivity index (χ0) is 24.2. The number of carboxylic acid groups (broad SMARTS) is 1. The Hall–Kier alpha value is -5.02. The topological polar surface area (TPSA) is 69.6 Å². The number of hydrogen-bond donors (Lipinski definition) is 1. The number of fused-ring (bicyclic) bond motifs is 1. The molecule has 4 aromatic rings. The molecule has 0 saturated heterocycles. The molecule has 1 heterocycles. The number of benzene rings is 4. The molecule has 168 valence electrons. The fourth-order valence-corrected chi connectivity index (χ4v) is 4.13. The van der Waals surface area contributed by atoms with Gasteiger partial charge >= 0.3 is 5.97 Å². The summed E-state index contributed by atoms with van der Waals surface area (Å²) in [6, 6.07) is 32.3. The van der Waals surface area contributed by atoms with Crippen LogP contribution in [0.15, 0.2) is 113 Å². The van der Waals surface area contributed by atoms with E-state index in [1.54, 1.807) is 6.07 Å². The summed E-state index contributed by atoms with van der Waals surface area (Å²) in [5, 5.41) is 10.5. The van der Waals surface area contributed by atoms with Crippen molar-refractivity contribution < 1.29 is 9.90 Å². The van der Waals surface area contributed by atoms with Crippen LogP contribution < -0.4 is 15.6 Å². The quantitative estimate of drug-likeness (QED) is 0.313. The van der Waals surface area contributed by atoms with Crippen LogP contribution in [0.25, 0.3) is 22.0 Å². The summed E-state index contributed by atoms with van der Waals surface area (Å²) in [6.07, 6.45) is 1.35. The van der Waals surface area contributed by atoms with Crippen LogP contribution in [0.4, 0.5) is 17.1 Å². The smallest absolute Gasteiger partial charge is 0.333 e. The number of anilines is 3. The molecule has 0 aliphatic carbocycles. The number of carboxylic acids is 1. The van der Waals surface area contributed by atoms with Gasteiger partial charge in [0.05, 0.1) is 17.3 Å². The molecule has 0 bridgehead atoms. The molecule has 0 atom stereocenters. The third kappa shape index (κ3) is 4.31. The molecule has 0 saturated carbocycles. The predicted octanol–water partition coefficient (Wildman–Crippen LogP) is 5.38. The van der Waals surface area contributed by atoms with Gasteiger partial charge < -0.3 is 10.0 Å². The SMILES string of the molecule is [C-]#[N+]/C(=C\c1ccc(-c2ccc(N(c3ccccc3)c3ccccc3)cc2)c2c1=NCN=2)C(=O)O. The molecule has 0 unspecified atom stereocenters. The number of rotatable bonds is 6. The Bertz CT molecular complexity index is 1550. The van der Waals surface area contributed by atoms with Gasteiger partial charge in [-0.05, 0) is 53.6 Å². The maximum Gasteiger partial charge on any atom is 0.333 e. The summed E-state index contributed by atoms with van der Waals surface area (Å²) in [6.45, 7) is 7.39. The molecule has 0 amide bonds. The van der Waals surface area contributed by atoms with Crippen molar-refractivity contribution in [1.82, 2.24) is 0 Å². The minimum Gasteiger partial charge on any atom is -0.486 e. The summed E-state index contributed by atoms with van der Waals surface area (Å²) in [4.78, 5) is 25.5. The standard InChI is InChI=1S/C29H20N4O2/c1-30-26(29(34)35)18-21-14-17-25(28-27(21)31-19-32-28)20-12-15-24(16-13-20)33(22-8-4-2-5-9-22)23-10-6-3-7-11-23/h2-18H,19H2,(H,34,35)/b26-18-. The Labute approximate surface area is 202 Å². The van der Waals surface area contributed by atoms with Crippen molar-refractivity contribution in [3.05, 3.63) is 130 Å². The van der Waals surface area contributed by atoms with Gasteiger partial charge in [-0.1, -0.05) is 60.7 Å². The molecular formula is C29H20N4O2. The molecule has 1 N–H and O–H groups in total. The highest BCUT2D eigenvalue weighted by atomic mass is 16.4. The van der Waals surface area contributed by atoms with E-state index in [0.717, 1.165) is 28.2 Å². The Morgan fingerprint density at radius 3 is 1.94 bits per heavy atom. The third-order valence-corrected chi connectivity index (χ3v) is 5.74. The lowest BCUT2D eigenvalue weighted by atomic mass is 10.0. The Morgan fingerprint density at radius 2 is 1.37 bits per heavy atom. The molecule has 0 fully saturated rings. The van der Waals surface area contributed by atoms with Crippen LogP contribution in [0, 0.1) is 6.57 Å². The fourth-order valence-electron chi connectivity index (χ4n) is 4.13. The maximum absolute atomic E-state index is 11.3. The van der Waals surface area contributed by atoms with Gasteiger partial charge in [0, 0.05) is 22.6 Å². The molecule has 0 spiro atoms. The van der Waals surface area contributed by atoms with Gasteiger partial charge in [0.25, 0.3) is 5.70 Å². The number of hydrogen-bond acceptors (Lipinski definition) is 4. The van der Waals surface area contributed by atoms with Gasteiger partial charge in [-0.25, -0.2) is 4.85 Å². The lowest BCUT2D eigenvalue weighted by molar-refractivity contribution is -0.132. The van der Waals surface area contributed by atoms with Crippen molar-refractivity contribution in [3.63, 3.8) is 0 Å². The van der Waals surface area contributed by atoms with Gasteiger partial charge in [-0.15, -0.1) is 0 Å². The van der Waals surface area contributed by atoms with E-state index in [1.165, 1.54) is 6.08 Å². The van der Waals surface area contributed by atoms with E-state index < -0.39 is 5.97 Å². The summed E-state index contributed by atoms with van der Waals surface area (Å²) in [5.41, 5.74) is 5.26. The van der Waals surface area contributed by atoms with Gasteiger partial charge in [0.1, 0.15) is 6.67 Å². The normalized spacial score (nSPS) is 12.1. The van der Waals surface area contributed by atoms with E-state index in [4.69, 9.17) is 6.57 Å². The second-order valence-electron chi connectivity index (χ2n) is 7.86. The average molecular weight is 457 g/mol. The Balaban J connectivity index is 1.56. The van der Waals surface area contributed by atoms with Crippen molar-refractivity contribution >= 4 is 29.1 Å². The van der Waals surface area contributed by atoms with Crippen LogP contribution in [0.2, 0.25) is 0 Å². The van der Waals surface area contributed by atoms with Gasteiger partial charge in [0.2, 0.25) is 0 Å². The van der Waals surface area contributed by atoms with Crippen molar-refractivity contribution in [2.75, 3.05) is 11.6 Å². The summed E-state index contributed by atoms with van der Waals surface area (Å²) in [5.74, 6) is -1.26. The van der Waals surface area contributed by atoms with Crippen LogP contribution in [-0.4, -0.2) is 17.7 Å². The highest BCUT2D eigenvalue weighted by molar-refractivity contribution is 5.94. The summed E-state index contributed by atoms with van der Waals surface area (Å²) < 4.78 is 0. The first kappa shape index (κ1) is 21.8. The van der Waals surface area contributed by atoms with Crippen LogP contribution in [0.5, 0.6) is 0 Å². The monoisotopic (exact) mass is 456 g/mol. The van der Waals surface area contributed by atoms with Crippen molar-refractivity contribution in [2.24, 2.45) is 9.98 Å². The van der Waals surface area contributed by atoms with Crippen LogP contribution >= 0.6 is 0 Å². The minimum absolute atomic E-state index is 0.279. The molecule has 35 heavy (non-hydrogen) atoms. The van der Waals surface area contributed by atoms with Crippen molar-refractivity contribution in [1.29, 1.82) is 0 Å². The van der Waals surface area contributed by atoms with Gasteiger partial charge in [0.15, 0.2) is 0 Å². The van der Waals surface area contributed by atoms with E-state index in [-0.39, 0.29) is 12.4 Å². The molecule has 6 nitrogen and oxygen atoms in total. The first-order valence-corrected chi connectivity index (χ1v) is 11.0. The summed E-state index contributed by atoms with van der Waals surface area (Å²) in [7, 11) is 0. The molecule has 0 aromatic heterocycles. The average Bonchev–Trinajstić information content (AvgIpc) is 3.39.